The van der Waals surface area contributed by atoms with Crippen LogP contribution in [0.1, 0.15) is 37.3 Å². The molecule has 0 unspecified atom stereocenters. The van der Waals surface area contributed by atoms with Crippen molar-refractivity contribution in [1.29, 1.82) is 0 Å². The molecular weight excluding hydrogens is 436 g/mol. The Morgan fingerprint density at radius 2 is 2.12 bits per heavy atom. The lowest BCUT2D eigenvalue weighted by Gasteiger charge is -2.29. The van der Waals surface area contributed by atoms with E-state index in [0.717, 1.165) is 88.1 Å². The molecule has 1 aromatic heterocycles. The zero-order valence-electron chi connectivity index (χ0n) is 19.6. The monoisotopic (exact) mass is 472 g/mol. The Morgan fingerprint density at radius 1 is 1.27 bits per heavy atom. The lowest BCUT2D eigenvalue weighted by Crippen LogP contribution is -2.45. The van der Waals surface area contributed by atoms with Crippen molar-refractivity contribution in [3.8, 4) is 0 Å². The number of thiocarbonyl (C=S) groups is 1. The molecule has 2 N–H and O–H groups in total. The molecule has 4 rings (SSSR count). The highest BCUT2D eigenvalue weighted by atomic mass is 32.1. The van der Waals surface area contributed by atoms with E-state index in [1.54, 1.807) is 0 Å². The van der Waals surface area contributed by atoms with Crippen molar-refractivity contribution < 1.29 is 9.47 Å². The van der Waals surface area contributed by atoms with E-state index in [-0.39, 0.29) is 11.7 Å². The Morgan fingerprint density at radius 3 is 2.88 bits per heavy atom. The Hall–Kier alpha value is -2.00. The van der Waals surface area contributed by atoms with Gasteiger partial charge in [-0.1, -0.05) is 13.0 Å². The number of aromatic nitrogens is 1. The van der Waals surface area contributed by atoms with E-state index in [2.05, 4.69) is 39.2 Å². The fraction of sp³-hybridized carbons (Fsp3) is 0.600. The van der Waals surface area contributed by atoms with Crippen LogP contribution in [0.15, 0.2) is 29.1 Å². The molecule has 0 saturated carbocycles. The van der Waals surface area contributed by atoms with Gasteiger partial charge in [-0.05, 0) is 73.6 Å². The highest BCUT2D eigenvalue weighted by Crippen LogP contribution is 2.17. The van der Waals surface area contributed by atoms with Gasteiger partial charge in [0.1, 0.15) is 0 Å². The minimum Gasteiger partial charge on any atom is -0.379 e. The molecule has 2 saturated heterocycles. The molecule has 7 nitrogen and oxygen atoms in total. The number of fused-ring (bicyclic) bond motifs is 1. The Balaban J connectivity index is 1.41. The van der Waals surface area contributed by atoms with Crippen LogP contribution >= 0.6 is 12.2 Å². The van der Waals surface area contributed by atoms with Crippen LogP contribution in [0, 0.1) is 0 Å². The average Bonchev–Trinajstić information content (AvgIpc) is 3.35. The van der Waals surface area contributed by atoms with Crippen molar-refractivity contribution in [2.45, 2.75) is 45.3 Å². The summed E-state index contributed by atoms with van der Waals surface area (Å²) in [5.74, 6) is 0. The quantitative estimate of drug-likeness (QED) is 0.430. The second kappa shape index (κ2) is 11.9. The smallest absolute Gasteiger partial charge is 0.253 e. The number of aryl methyl sites for hydroxylation is 1. The number of ether oxygens (including phenoxy) is 2. The van der Waals surface area contributed by atoms with Gasteiger partial charge in [-0.3, -0.25) is 9.69 Å². The molecule has 1 aromatic carbocycles. The average molecular weight is 473 g/mol. The van der Waals surface area contributed by atoms with Crippen LogP contribution in [0.4, 0.5) is 0 Å². The third kappa shape index (κ3) is 6.76. The Labute approximate surface area is 201 Å². The first-order chi connectivity index (χ1) is 16.1. The molecular formula is C25H36N4O3S. The molecule has 0 spiro atoms. The van der Waals surface area contributed by atoms with Gasteiger partial charge in [-0.25, -0.2) is 0 Å². The van der Waals surface area contributed by atoms with E-state index in [4.69, 9.17) is 21.7 Å². The third-order valence-electron chi connectivity index (χ3n) is 6.52. The number of hydrogen-bond donors (Lipinski definition) is 2. The van der Waals surface area contributed by atoms with Crippen molar-refractivity contribution in [2.24, 2.45) is 0 Å². The van der Waals surface area contributed by atoms with Gasteiger partial charge in [-0.2, -0.15) is 0 Å². The fourth-order valence-electron chi connectivity index (χ4n) is 4.53. The number of aromatic amines is 1. The van der Waals surface area contributed by atoms with E-state index in [9.17, 15) is 4.79 Å². The molecule has 2 aromatic rings. The van der Waals surface area contributed by atoms with Crippen molar-refractivity contribution in [3.63, 3.8) is 0 Å². The topological polar surface area (TPSA) is 69.8 Å². The van der Waals surface area contributed by atoms with Gasteiger partial charge in [0.05, 0.1) is 25.9 Å². The summed E-state index contributed by atoms with van der Waals surface area (Å²) in [5, 5.41) is 5.17. The van der Waals surface area contributed by atoms with Gasteiger partial charge in [-0.15, -0.1) is 0 Å². The molecule has 2 aliphatic heterocycles. The predicted octanol–water partition coefficient (Wildman–Crippen LogP) is 2.67. The summed E-state index contributed by atoms with van der Waals surface area (Å²) in [4.78, 5) is 20.4. The largest absolute Gasteiger partial charge is 0.379 e. The maximum atomic E-state index is 12.8. The minimum atomic E-state index is -0.0563. The molecule has 1 atom stereocenters. The summed E-state index contributed by atoms with van der Waals surface area (Å²) in [5.41, 5.74) is 2.80. The number of pyridine rings is 1. The van der Waals surface area contributed by atoms with Gasteiger partial charge in [0.15, 0.2) is 5.11 Å². The number of hydrogen-bond acceptors (Lipinski definition) is 5. The first-order valence-corrected chi connectivity index (χ1v) is 12.6. The van der Waals surface area contributed by atoms with Gasteiger partial charge >= 0.3 is 0 Å². The van der Waals surface area contributed by atoms with Crippen molar-refractivity contribution in [3.05, 3.63) is 45.7 Å². The number of morpholine rings is 1. The normalized spacial score (nSPS) is 19.1. The second-order valence-corrected chi connectivity index (χ2v) is 9.34. The molecule has 33 heavy (non-hydrogen) atoms. The summed E-state index contributed by atoms with van der Waals surface area (Å²) in [6.45, 7) is 9.59. The van der Waals surface area contributed by atoms with E-state index in [0.29, 0.717) is 18.2 Å². The van der Waals surface area contributed by atoms with Crippen molar-refractivity contribution in [2.75, 3.05) is 52.5 Å². The van der Waals surface area contributed by atoms with Gasteiger partial charge in [0.25, 0.3) is 5.56 Å². The Kier molecular flexibility index (Phi) is 8.72. The Bertz CT molecular complexity index is 983. The van der Waals surface area contributed by atoms with Gasteiger partial charge < -0.3 is 24.7 Å². The number of H-pyrrole nitrogens is 1. The minimum absolute atomic E-state index is 0.0563. The number of benzene rings is 1. The summed E-state index contributed by atoms with van der Waals surface area (Å²) in [7, 11) is 0. The maximum absolute atomic E-state index is 12.8. The van der Waals surface area contributed by atoms with E-state index in [1.807, 2.05) is 12.1 Å². The zero-order chi connectivity index (χ0) is 23.0. The molecule has 0 aliphatic carbocycles. The maximum Gasteiger partial charge on any atom is 0.253 e. The zero-order valence-corrected chi connectivity index (χ0v) is 20.4. The van der Waals surface area contributed by atoms with Crippen LogP contribution in [0.2, 0.25) is 0 Å². The molecule has 3 heterocycles. The van der Waals surface area contributed by atoms with Crippen LogP contribution in [0.3, 0.4) is 0 Å². The second-order valence-electron chi connectivity index (χ2n) is 8.95. The molecule has 0 bridgehead atoms. The lowest BCUT2D eigenvalue weighted by atomic mass is 10.1. The molecule has 2 aliphatic rings. The van der Waals surface area contributed by atoms with E-state index >= 15 is 0 Å². The number of nitrogens with zero attached hydrogens (tertiary/aromatic N) is 2. The molecule has 0 radical (unpaired) electrons. The number of nitrogens with one attached hydrogen (secondary N) is 2. The molecule has 180 valence electrons. The highest BCUT2D eigenvalue weighted by molar-refractivity contribution is 7.80. The fourth-order valence-corrected chi connectivity index (χ4v) is 4.77. The molecule has 0 amide bonds. The van der Waals surface area contributed by atoms with Crippen molar-refractivity contribution in [1.82, 2.24) is 20.1 Å². The van der Waals surface area contributed by atoms with Crippen LogP contribution in [-0.4, -0.2) is 78.5 Å². The van der Waals surface area contributed by atoms with E-state index in [1.165, 1.54) is 5.56 Å². The highest BCUT2D eigenvalue weighted by Gasteiger charge is 2.22. The first-order valence-electron chi connectivity index (χ1n) is 12.2. The first kappa shape index (κ1) is 24.1. The molecule has 8 heteroatoms. The third-order valence-corrected chi connectivity index (χ3v) is 6.92. The lowest BCUT2D eigenvalue weighted by molar-refractivity contribution is 0.0375. The van der Waals surface area contributed by atoms with Gasteiger partial charge in [0, 0.05) is 43.9 Å². The summed E-state index contributed by atoms with van der Waals surface area (Å²) in [6.07, 6.45) is 4.25. The van der Waals surface area contributed by atoms with Crippen LogP contribution in [-0.2, 0) is 22.4 Å². The summed E-state index contributed by atoms with van der Waals surface area (Å²) in [6, 6.07) is 8.22. The summed E-state index contributed by atoms with van der Waals surface area (Å²) < 4.78 is 11.3. The van der Waals surface area contributed by atoms with Crippen molar-refractivity contribution >= 4 is 28.2 Å². The standard InChI is InChI=1S/C25H36N4O3S/c1-2-19-6-7-23-20(15-19)16-21(24(30)27-23)17-29(18-22-5-3-12-32-22)25(33)26-8-4-9-28-10-13-31-14-11-28/h6-7,15-16,22H,2-5,8-14,17-18H2,1H3,(H,26,33)(H,27,30)/t22-/m1/s1. The van der Waals surface area contributed by atoms with Crippen LogP contribution in [0.5, 0.6) is 0 Å². The predicted molar refractivity (Wildman–Crippen MR) is 136 cm³/mol. The van der Waals surface area contributed by atoms with Crippen LogP contribution < -0.4 is 10.9 Å². The van der Waals surface area contributed by atoms with Gasteiger partial charge in [0.2, 0.25) is 0 Å². The number of rotatable bonds is 9. The van der Waals surface area contributed by atoms with Crippen LogP contribution in [0.25, 0.3) is 10.9 Å². The molecule has 2 fully saturated rings. The summed E-state index contributed by atoms with van der Waals surface area (Å²) >= 11 is 5.77. The van der Waals surface area contributed by atoms with E-state index < -0.39 is 0 Å². The SMILES string of the molecule is CCc1ccc2[nH]c(=O)c(CN(C[C@H]3CCCO3)C(=S)NCCCN3CCOCC3)cc2c1.